The van der Waals surface area contributed by atoms with E-state index in [2.05, 4.69) is 132 Å². The van der Waals surface area contributed by atoms with Crippen LogP contribution in [0.25, 0.3) is 72.5 Å². The molecule has 57 heavy (non-hydrogen) atoms. The number of hydrogen-bond donors (Lipinski definition) is 1. The molecule has 0 aliphatic carbocycles. The second-order valence-electron chi connectivity index (χ2n) is 13.8. The maximum absolute atomic E-state index is 5.05. The first-order chi connectivity index (χ1) is 28.1. The third-order valence-corrected chi connectivity index (χ3v) is 10.1. The first kappa shape index (κ1) is 35.1. The molecule has 0 spiro atoms. The van der Waals surface area contributed by atoms with Crippen LogP contribution in [0.3, 0.4) is 0 Å². The van der Waals surface area contributed by atoms with Crippen LogP contribution in [0.2, 0.25) is 0 Å². The van der Waals surface area contributed by atoms with Crippen molar-refractivity contribution in [3.63, 3.8) is 0 Å². The summed E-state index contributed by atoms with van der Waals surface area (Å²) < 4.78 is 2.34. The van der Waals surface area contributed by atoms with Crippen molar-refractivity contribution in [2.75, 3.05) is 5.32 Å². The van der Waals surface area contributed by atoms with Gasteiger partial charge in [0.05, 0.1) is 33.8 Å². The van der Waals surface area contributed by atoms with Gasteiger partial charge in [-0.15, -0.1) is 0 Å². The molecule has 1 N–H and O–H groups in total. The number of anilines is 2. The van der Waals surface area contributed by atoms with Crippen LogP contribution in [0.1, 0.15) is 18.2 Å². The Kier molecular flexibility index (Phi) is 9.61. The van der Waals surface area contributed by atoms with E-state index in [4.69, 9.17) is 15.0 Å². The van der Waals surface area contributed by atoms with Crippen LogP contribution in [0, 0.1) is 0 Å². The summed E-state index contributed by atoms with van der Waals surface area (Å²) in [5.41, 5.74) is 13.8. The van der Waals surface area contributed by atoms with Crippen molar-refractivity contribution in [3.8, 4) is 39.6 Å². The van der Waals surface area contributed by atoms with E-state index in [-0.39, 0.29) is 0 Å². The smallest absolute Gasteiger partial charge is 0.160 e. The lowest BCUT2D eigenvalue weighted by molar-refractivity contribution is 1.17. The average molecular weight is 734 g/mol. The molecule has 0 aliphatic heterocycles. The fourth-order valence-electron chi connectivity index (χ4n) is 7.38. The lowest BCUT2D eigenvalue weighted by Crippen LogP contribution is -1.97. The van der Waals surface area contributed by atoms with Crippen molar-refractivity contribution in [1.82, 2.24) is 19.5 Å². The Morgan fingerprint density at radius 1 is 0.596 bits per heavy atom. The van der Waals surface area contributed by atoms with Gasteiger partial charge in [0.25, 0.3) is 0 Å². The van der Waals surface area contributed by atoms with Crippen LogP contribution in [-0.4, -0.2) is 19.5 Å². The highest BCUT2D eigenvalue weighted by atomic mass is 15.0. The molecule has 0 amide bonds. The number of nitrogens with one attached hydrogen (secondary N) is 1. The summed E-state index contributed by atoms with van der Waals surface area (Å²) in [6, 6.07) is 60.7. The molecule has 3 aromatic heterocycles. The lowest BCUT2D eigenvalue weighted by atomic mass is 9.99. The summed E-state index contributed by atoms with van der Waals surface area (Å²) >= 11 is 0. The minimum Gasteiger partial charge on any atom is -0.354 e. The summed E-state index contributed by atoms with van der Waals surface area (Å²) in [7, 11) is 0. The molecule has 9 rings (SSSR count). The Morgan fingerprint density at radius 2 is 1.23 bits per heavy atom. The van der Waals surface area contributed by atoms with Gasteiger partial charge in [-0.1, -0.05) is 134 Å². The highest BCUT2D eigenvalue weighted by Gasteiger charge is 2.16. The number of pyridine rings is 1. The molecular weight excluding hydrogens is 695 g/mol. The lowest BCUT2D eigenvalue weighted by Gasteiger charge is -2.13. The predicted molar refractivity (Wildman–Crippen MR) is 238 cm³/mol. The monoisotopic (exact) mass is 733 g/mol. The van der Waals surface area contributed by atoms with Gasteiger partial charge in [0.1, 0.15) is 0 Å². The van der Waals surface area contributed by atoms with Crippen molar-refractivity contribution in [3.05, 3.63) is 218 Å². The van der Waals surface area contributed by atoms with E-state index in [0.29, 0.717) is 5.82 Å². The molecule has 272 valence electrons. The SMILES string of the molecule is C=C(/C=C(\C=C/C)c1ccc2c(c1)c1ccccc1n2-c1ccc(-c2cc(-c3ccccc3)nc(-c3ccccc3)n2)cc1)c1ncccc1Nc1ccccc1. The van der Waals surface area contributed by atoms with Crippen LogP contribution < -0.4 is 5.32 Å². The van der Waals surface area contributed by atoms with Gasteiger partial charge in [0, 0.05) is 45.0 Å². The number of hydrogen-bond acceptors (Lipinski definition) is 4. The maximum atomic E-state index is 5.05. The highest BCUT2D eigenvalue weighted by molar-refractivity contribution is 6.10. The summed E-state index contributed by atoms with van der Waals surface area (Å²) in [5.74, 6) is 0.702. The Labute approximate surface area is 332 Å². The molecule has 0 saturated carbocycles. The second kappa shape index (κ2) is 15.6. The number of para-hydroxylation sites is 2. The number of aromatic nitrogens is 4. The van der Waals surface area contributed by atoms with E-state index in [0.717, 1.165) is 78.6 Å². The molecule has 6 aromatic carbocycles. The average Bonchev–Trinajstić information content (AvgIpc) is 3.61. The number of fused-ring (bicyclic) bond motifs is 3. The molecule has 0 unspecified atom stereocenters. The van der Waals surface area contributed by atoms with Crippen LogP contribution in [0.5, 0.6) is 0 Å². The van der Waals surface area contributed by atoms with Crippen molar-refractivity contribution in [1.29, 1.82) is 0 Å². The Morgan fingerprint density at radius 3 is 1.95 bits per heavy atom. The van der Waals surface area contributed by atoms with E-state index in [1.165, 1.54) is 10.8 Å². The van der Waals surface area contributed by atoms with Gasteiger partial charge in [0.2, 0.25) is 0 Å². The molecular formula is C52H39N5. The predicted octanol–water partition coefficient (Wildman–Crippen LogP) is 13.4. The first-order valence-electron chi connectivity index (χ1n) is 19.1. The molecule has 5 heteroatoms. The zero-order valence-electron chi connectivity index (χ0n) is 31.5. The number of rotatable bonds is 10. The van der Waals surface area contributed by atoms with Gasteiger partial charge in [-0.3, -0.25) is 4.98 Å². The topological polar surface area (TPSA) is 55.6 Å². The van der Waals surface area contributed by atoms with E-state index in [1.807, 2.05) is 92.0 Å². The van der Waals surface area contributed by atoms with Crippen molar-refractivity contribution in [2.24, 2.45) is 0 Å². The van der Waals surface area contributed by atoms with Gasteiger partial charge in [-0.2, -0.15) is 0 Å². The molecule has 0 atom stereocenters. The quantitative estimate of drug-likeness (QED) is 0.142. The van der Waals surface area contributed by atoms with E-state index >= 15 is 0 Å². The zero-order valence-corrected chi connectivity index (χ0v) is 31.5. The Balaban J connectivity index is 1.09. The second-order valence-corrected chi connectivity index (χ2v) is 13.8. The van der Waals surface area contributed by atoms with Crippen molar-refractivity contribution >= 4 is 44.3 Å². The van der Waals surface area contributed by atoms with Crippen LogP contribution in [-0.2, 0) is 0 Å². The fraction of sp³-hybridized carbons (Fsp3) is 0.0192. The molecule has 0 fully saturated rings. The minimum atomic E-state index is 0.702. The van der Waals surface area contributed by atoms with Gasteiger partial charge in [-0.05, 0) is 90.4 Å². The molecule has 3 heterocycles. The molecule has 0 bridgehead atoms. The van der Waals surface area contributed by atoms with E-state index < -0.39 is 0 Å². The first-order valence-corrected chi connectivity index (χ1v) is 19.1. The highest BCUT2D eigenvalue weighted by Crippen LogP contribution is 2.36. The third kappa shape index (κ3) is 7.18. The largest absolute Gasteiger partial charge is 0.354 e. The Bertz CT molecular complexity index is 2870. The molecule has 0 radical (unpaired) electrons. The summed E-state index contributed by atoms with van der Waals surface area (Å²) in [6.45, 7) is 6.52. The summed E-state index contributed by atoms with van der Waals surface area (Å²) in [5, 5.41) is 5.87. The van der Waals surface area contributed by atoms with Gasteiger partial charge in [0.15, 0.2) is 5.82 Å². The third-order valence-electron chi connectivity index (χ3n) is 10.1. The van der Waals surface area contributed by atoms with Crippen LogP contribution in [0.15, 0.2) is 207 Å². The minimum absolute atomic E-state index is 0.702. The molecule has 0 aliphatic rings. The fourth-order valence-corrected chi connectivity index (χ4v) is 7.38. The maximum Gasteiger partial charge on any atom is 0.160 e. The normalized spacial score (nSPS) is 11.7. The van der Waals surface area contributed by atoms with Crippen molar-refractivity contribution < 1.29 is 0 Å². The summed E-state index contributed by atoms with van der Waals surface area (Å²) in [6.07, 6.45) is 8.14. The van der Waals surface area contributed by atoms with Crippen LogP contribution >= 0.6 is 0 Å². The zero-order chi connectivity index (χ0) is 38.6. The summed E-state index contributed by atoms with van der Waals surface area (Å²) in [4.78, 5) is 14.8. The number of nitrogens with zero attached hydrogens (tertiary/aromatic N) is 4. The number of benzene rings is 6. The molecule has 0 saturated heterocycles. The van der Waals surface area contributed by atoms with Crippen LogP contribution in [0.4, 0.5) is 11.4 Å². The van der Waals surface area contributed by atoms with Gasteiger partial charge < -0.3 is 9.88 Å². The Hall–Kier alpha value is -7.63. The molecule has 9 aromatic rings. The van der Waals surface area contributed by atoms with E-state index in [1.54, 1.807) is 0 Å². The molecule has 5 nitrogen and oxygen atoms in total. The van der Waals surface area contributed by atoms with E-state index in [9.17, 15) is 0 Å². The van der Waals surface area contributed by atoms with Crippen molar-refractivity contribution in [2.45, 2.75) is 6.92 Å². The van der Waals surface area contributed by atoms with Gasteiger partial charge in [-0.25, -0.2) is 9.97 Å². The number of allylic oxidation sites excluding steroid dienone is 5. The standard InChI is InChI=1S/C52H39N5/c1-3-16-40(33-36(2)51-46(24-15-32-53-51)54-42-21-11-6-12-22-42)41-28-31-50-45(34-41)44-23-13-14-25-49(44)57(50)43-29-26-38(27-30-43)48-35-47(37-17-7-4-8-18-37)55-52(56-48)39-19-9-5-10-20-39/h3-35,54H,2H2,1H3/b16-3-,40-33+. The van der Waals surface area contributed by atoms with Gasteiger partial charge >= 0.3 is 0 Å².